The maximum absolute atomic E-state index is 10.7. The van der Waals surface area contributed by atoms with E-state index >= 15 is 0 Å². The molecule has 1 amide bonds. The molecule has 0 aliphatic heterocycles. The van der Waals surface area contributed by atoms with Gasteiger partial charge in [0.1, 0.15) is 0 Å². The van der Waals surface area contributed by atoms with Crippen molar-refractivity contribution in [3.63, 3.8) is 0 Å². The van der Waals surface area contributed by atoms with Crippen molar-refractivity contribution in [3.8, 4) is 0 Å². The zero-order valence-electron chi connectivity index (χ0n) is 7.96. The Morgan fingerprint density at radius 1 is 1.57 bits per heavy atom. The van der Waals surface area contributed by atoms with Crippen LogP contribution in [-0.2, 0) is 4.79 Å². The molecular formula is C10H13BrN2O. The minimum Gasteiger partial charge on any atom is -0.370 e. The molecule has 0 bridgehead atoms. The molecule has 0 spiro atoms. The van der Waals surface area contributed by atoms with E-state index in [4.69, 9.17) is 11.5 Å². The number of carbonyl (C=O) groups excluding carboxylic acids is 1. The van der Waals surface area contributed by atoms with E-state index in [1.165, 1.54) is 0 Å². The van der Waals surface area contributed by atoms with Gasteiger partial charge in [0, 0.05) is 16.9 Å². The number of aryl methyl sites for hydroxylation is 1. The molecule has 0 saturated carbocycles. The highest BCUT2D eigenvalue weighted by atomic mass is 79.9. The normalized spacial score (nSPS) is 12.5. The van der Waals surface area contributed by atoms with Crippen LogP contribution < -0.4 is 11.5 Å². The van der Waals surface area contributed by atoms with Crippen LogP contribution in [0, 0.1) is 6.92 Å². The fourth-order valence-electron chi connectivity index (χ4n) is 1.23. The lowest BCUT2D eigenvalue weighted by molar-refractivity contribution is -0.118. The molecule has 1 aromatic carbocycles. The Balaban J connectivity index is 2.85. The maximum Gasteiger partial charge on any atom is 0.219 e. The zero-order chi connectivity index (χ0) is 10.7. The Kier molecular flexibility index (Phi) is 3.66. The predicted molar refractivity (Wildman–Crippen MR) is 59.6 cm³/mol. The summed E-state index contributed by atoms with van der Waals surface area (Å²) in [5.74, 6) is -0.377. The molecular weight excluding hydrogens is 244 g/mol. The van der Waals surface area contributed by atoms with Crippen molar-refractivity contribution in [2.45, 2.75) is 19.4 Å². The molecule has 1 rings (SSSR count). The first kappa shape index (κ1) is 11.2. The summed E-state index contributed by atoms with van der Waals surface area (Å²) in [6, 6.07) is 5.47. The Bertz CT molecular complexity index is 352. The average Bonchev–Trinajstić information content (AvgIpc) is 2.08. The van der Waals surface area contributed by atoms with Crippen molar-refractivity contribution in [2.75, 3.05) is 0 Å². The molecule has 1 aromatic rings. The predicted octanol–water partition coefficient (Wildman–Crippen LogP) is 1.63. The van der Waals surface area contributed by atoms with Crippen molar-refractivity contribution in [3.05, 3.63) is 33.8 Å². The van der Waals surface area contributed by atoms with E-state index in [0.717, 1.165) is 15.6 Å². The Morgan fingerprint density at radius 2 is 2.21 bits per heavy atom. The number of primary amides is 1. The van der Waals surface area contributed by atoms with E-state index < -0.39 is 0 Å². The van der Waals surface area contributed by atoms with Gasteiger partial charge in [-0.3, -0.25) is 4.79 Å². The highest BCUT2D eigenvalue weighted by Crippen LogP contribution is 2.21. The highest BCUT2D eigenvalue weighted by Gasteiger charge is 2.09. The van der Waals surface area contributed by atoms with Crippen LogP contribution in [0.25, 0.3) is 0 Å². The molecule has 0 saturated heterocycles. The quantitative estimate of drug-likeness (QED) is 0.864. The van der Waals surface area contributed by atoms with Gasteiger partial charge < -0.3 is 11.5 Å². The largest absolute Gasteiger partial charge is 0.370 e. The van der Waals surface area contributed by atoms with Crippen LogP contribution in [0.3, 0.4) is 0 Å². The number of halogens is 1. The lowest BCUT2D eigenvalue weighted by Gasteiger charge is -2.11. The van der Waals surface area contributed by atoms with Gasteiger partial charge in [-0.15, -0.1) is 0 Å². The van der Waals surface area contributed by atoms with Crippen LogP contribution in [0.1, 0.15) is 23.6 Å². The zero-order valence-corrected chi connectivity index (χ0v) is 9.54. The second-order valence-corrected chi connectivity index (χ2v) is 4.14. The molecule has 0 aliphatic carbocycles. The molecule has 0 aliphatic rings. The van der Waals surface area contributed by atoms with Gasteiger partial charge in [0.2, 0.25) is 5.91 Å². The molecule has 1 atom stereocenters. The third-order valence-electron chi connectivity index (χ3n) is 2.03. The second kappa shape index (κ2) is 4.57. The van der Waals surface area contributed by atoms with E-state index in [1.807, 2.05) is 25.1 Å². The second-order valence-electron chi connectivity index (χ2n) is 3.29. The number of hydrogen-bond acceptors (Lipinski definition) is 2. The molecule has 0 fully saturated rings. The van der Waals surface area contributed by atoms with Gasteiger partial charge in [-0.2, -0.15) is 0 Å². The Labute approximate surface area is 91.6 Å². The van der Waals surface area contributed by atoms with Crippen molar-refractivity contribution in [1.82, 2.24) is 0 Å². The maximum atomic E-state index is 10.7. The van der Waals surface area contributed by atoms with Crippen molar-refractivity contribution in [1.29, 1.82) is 0 Å². The van der Waals surface area contributed by atoms with Crippen LogP contribution >= 0.6 is 15.9 Å². The first-order valence-corrected chi connectivity index (χ1v) is 5.10. The minimum absolute atomic E-state index is 0.182. The van der Waals surface area contributed by atoms with E-state index in [0.29, 0.717) is 0 Å². The van der Waals surface area contributed by atoms with Crippen molar-refractivity contribution < 1.29 is 4.79 Å². The fraction of sp³-hybridized carbons (Fsp3) is 0.300. The smallest absolute Gasteiger partial charge is 0.219 e. The topological polar surface area (TPSA) is 69.1 Å². The Hall–Kier alpha value is -0.870. The van der Waals surface area contributed by atoms with Crippen LogP contribution in [0.15, 0.2) is 22.7 Å². The summed E-state index contributed by atoms with van der Waals surface area (Å²) in [7, 11) is 0. The van der Waals surface area contributed by atoms with E-state index in [1.54, 1.807) is 0 Å². The Morgan fingerprint density at radius 3 is 2.71 bits per heavy atom. The van der Waals surface area contributed by atoms with Gasteiger partial charge in [-0.25, -0.2) is 0 Å². The lowest BCUT2D eigenvalue weighted by atomic mass is 10.0. The molecule has 4 N–H and O–H groups in total. The van der Waals surface area contributed by atoms with Gasteiger partial charge in [-0.1, -0.05) is 28.1 Å². The molecule has 0 aromatic heterocycles. The highest BCUT2D eigenvalue weighted by molar-refractivity contribution is 9.10. The van der Waals surface area contributed by atoms with E-state index in [2.05, 4.69) is 15.9 Å². The molecule has 14 heavy (non-hydrogen) atoms. The number of nitrogens with two attached hydrogens (primary N) is 2. The first-order valence-electron chi connectivity index (χ1n) is 4.30. The van der Waals surface area contributed by atoms with Gasteiger partial charge in [0.25, 0.3) is 0 Å². The molecule has 0 radical (unpaired) electrons. The summed E-state index contributed by atoms with van der Waals surface area (Å²) in [6.07, 6.45) is 0.182. The first-order chi connectivity index (χ1) is 6.50. The molecule has 4 heteroatoms. The fourth-order valence-corrected chi connectivity index (χ4v) is 1.48. The third-order valence-corrected chi connectivity index (χ3v) is 2.92. The van der Waals surface area contributed by atoms with Crippen molar-refractivity contribution >= 4 is 21.8 Å². The lowest BCUT2D eigenvalue weighted by Crippen LogP contribution is -2.20. The number of rotatable bonds is 3. The number of benzene rings is 1. The molecule has 0 heterocycles. The summed E-state index contributed by atoms with van der Waals surface area (Å²) in [5.41, 5.74) is 12.9. The molecule has 3 nitrogen and oxygen atoms in total. The minimum atomic E-state index is -0.377. The number of carbonyl (C=O) groups is 1. The third kappa shape index (κ3) is 2.82. The summed E-state index contributed by atoms with van der Waals surface area (Å²) in [5, 5.41) is 0. The van der Waals surface area contributed by atoms with E-state index in [9.17, 15) is 4.79 Å². The summed E-state index contributed by atoms with van der Waals surface area (Å²) < 4.78 is 1.03. The molecule has 76 valence electrons. The monoisotopic (exact) mass is 256 g/mol. The van der Waals surface area contributed by atoms with Gasteiger partial charge in [0.05, 0.1) is 0 Å². The van der Waals surface area contributed by atoms with Gasteiger partial charge >= 0.3 is 0 Å². The standard InChI is InChI=1S/C10H13BrN2O/c1-6-4-7(2-3-8(6)11)9(12)5-10(13)14/h2-4,9H,5,12H2,1H3,(H2,13,14)/t9-/m0/s1. The summed E-state index contributed by atoms with van der Waals surface area (Å²) in [4.78, 5) is 10.7. The number of amides is 1. The van der Waals surface area contributed by atoms with E-state index in [-0.39, 0.29) is 18.4 Å². The summed E-state index contributed by atoms with van der Waals surface area (Å²) >= 11 is 3.40. The van der Waals surface area contributed by atoms with Crippen LogP contribution in [0.2, 0.25) is 0 Å². The summed E-state index contributed by atoms with van der Waals surface area (Å²) in [6.45, 7) is 1.98. The van der Waals surface area contributed by atoms with Gasteiger partial charge in [-0.05, 0) is 24.1 Å². The number of hydrogen-bond donors (Lipinski definition) is 2. The van der Waals surface area contributed by atoms with Crippen molar-refractivity contribution in [2.24, 2.45) is 11.5 Å². The molecule has 0 unspecified atom stereocenters. The average molecular weight is 257 g/mol. The van der Waals surface area contributed by atoms with Crippen LogP contribution in [0.4, 0.5) is 0 Å². The van der Waals surface area contributed by atoms with Crippen LogP contribution in [-0.4, -0.2) is 5.91 Å². The van der Waals surface area contributed by atoms with Crippen LogP contribution in [0.5, 0.6) is 0 Å². The van der Waals surface area contributed by atoms with Gasteiger partial charge in [0.15, 0.2) is 0 Å². The SMILES string of the molecule is Cc1cc([C@@H](N)CC(N)=O)ccc1Br.